The molecule has 2 aromatic rings. The van der Waals surface area contributed by atoms with Crippen LogP contribution in [0.3, 0.4) is 0 Å². The van der Waals surface area contributed by atoms with Crippen LogP contribution < -0.4 is 5.32 Å². The Morgan fingerprint density at radius 3 is 2.89 bits per heavy atom. The van der Waals surface area contributed by atoms with E-state index < -0.39 is 0 Å². The quantitative estimate of drug-likeness (QED) is 0.887. The maximum atomic E-state index is 3.49. The van der Waals surface area contributed by atoms with E-state index in [1.165, 1.54) is 22.2 Å². The number of aryl methyl sites for hydroxylation is 2. The van der Waals surface area contributed by atoms with E-state index in [1.807, 2.05) is 0 Å². The van der Waals surface area contributed by atoms with Gasteiger partial charge in [0.25, 0.3) is 0 Å². The molecule has 2 heterocycles. The number of benzene rings is 1. The molecule has 1 unspecified atom stereocenters. The van der Waals surface area contributed by atoms with E-state index in [-0.39, 0.29) is 0 Å². The van der Waals surface area contributed by atoms with Crippen molar-refractivity contribution in [2.24, 2.45) is 7.05 Å². The maximum Gasteiger partial charge on any atom is 0.0479 e. The van der Waals surface area contributed by atoms with Gasteiger partial charge >= 0.3 is 0 Å². The normalized spacial score (nSPS) is 21.1. The number of fused-ring (bicyclic) bond motifs is 1. The van der Waals surface area contributed by atoms with Gasteiger partial charge in [-0.25, -0.2) is 0 Å². The molecular weight excluding hydrogens is 234 g/mol. The van der Waals surface area contributed by atoms with Crippen LogP contribution in [0.15, 0.2) is 24.3 Å². The minimum atomic E-state index is 0.621. The summed E-state index contributed by atoms with van der Waals surface area (Å²) in [5.41, 5.74) is 4.10. The van der Waals surface area contributed by atoms with Crippen molar-refractivity contribution in [1.29, 1.82) is 0 Å². The molecule has 0 bridgehead atoms. The zero-order chi connectivity index (χ0) is 13.4. The third-order valence-electron chi connectivity index (χ3n) is 4.46. The SMILES string of the molecule is Cc1cc2cc(CC3CNCCN3C)ccc2n1C. The van der Waals surface area contributed by atoms with Gasteiger partial charge in [-0.2, -0.15) is 0 Å². The van der Waals surface area contributed by atoms with Crippen molar-refractivity contribution in [3.05, 3.63) is 35.5 Å². The molecule has 1 saturated heterocycles. The lowest BCUT2D eigenvalue weighted by Crippen LogP contribution is -2.50. The van der Waals surface area contributed by atoms with Gasteiger partial charge in [-0.3, -0.25) is 0 Å². The minimum Gasteiger partial charge on any atom is -0.348 e. The van der Waals surface area contributed by atoms with E-state index in [2.05, 4.69) is 60.1 Å². The Morgan fingerprint density at radius 1 is 1.26 bits per heavy atom. The Bertz CT molecular complexity index is 585. The highest BCUT2D eigenvalue weighted by molar-refractivity contribution is 5.82. The molecule has 1 aromatic carbocycles. The van der Waals surface area contributed by atoms with Gasteiger partial charge < -0.3 is 14.8 Å². The van der Waals surface area contributed by atoms with E-state index in [1.54, 1.807) is 0 Å². The summed E-state index contributed by atoms with van der Waals surface area (Å²) in [5.74, 6) is 0. The standard InChI is InChI=1S/C16H23N3/c1-12-8-14-9-13(4-5-16(14)19(12)3)10-15-11-17-6-7-18(15)2/h4-5,8-9,15,17H,6-7,10-11H2,1-3H3. The topological polar surface area (TPSA) is 20.2 Å². The van der Waals surface area contributed by atoms with Crippen LogP contribution >= 0.6 is 0 Å². The lowest BCUT2D eigenvalue weighted by atomic mass is 10.0. The van der Waals surface area contributed by atoms with E-state index in [4.69, 9.17) is 0 Å². The summed E-state index contributed by atoms with van der Waals surface area (Å²) < 4.78 is 2.26. The molecule has 0 radical (unpaired) electrons. The first-order valence-corrected chi connectivity index (χ1v) is 7.11. The first kappa shape index (κ1) is 12.7. The molecule has 0 aliphatic carbocycles. The summed E-state index contributed by atoms with van der Waals surface area (Å²) in [4.78, 5) is 2.47. The number of piperazine rings is 1. The average Bonchev–Trinajstić information content (AvgIpc) is 2.68. The highest BCUT2D eigenvalue weighted by Gasteiger charge is 2.18. The van der Waals surface area contributed by atoms with E-state index in [0.717, 1.165) is 26.1 Å². The molecule has 0 spiro atoms. The molecule has 3 nitrogen and oxygen atoms in total. The second-order valence-corrected chi connectivity index (χ2v) is 5.78. The molecule has 0 saturated carbocycles. The molecular formula is C16H23N3. The van der Waals surface area contributed by atoms with E-state index in [0.29, 0.717) is 6.04 Å². The first-order chi connectivity index (χ1) is 9.15. The number of aromatic nitrogens is 1. The van der Waals surface area contributed by atoms with Crippen molar-refractivity contribution in [2.45, 2.75) is 19.4 Å². The van der Waals surface area contributed by atoms with Crippen molar-refractivity contribution in [3.63, 3.8) is 0 Å². The minimum absolute atomic E-state index is 0.621. The van der Waals surface area contributed by atoms with Crippen LogP contribution in [0.1, 0.15) is 11.3 Å². The maximum absolute atomic E-state index is 3.49. The van der Waals surface area contributed by atoms with Crippen LogP contribution in [0.5, 0.6) is 0 Å². The average molecular weight is 257 g/mol. The smallest absolute Gasteiger partial charge is 0.0479 e. The number of nitrogens with one attached hydrogen (secondary N) is 1. The molecule has 19 heavy (non-hydrogen) atoms. The van der Waals surface area contributed by atoms with Crippen LogP contribution in [0.25, 0.3) is 10.9 Å². The Balaban J connectivity index is 1.85. The molecule has 3 heteroatoms. The van der Waals surface area contributed by atoms with Gasteiger partial charge in [0.1, 0.15) is 0 Å². The van der Waals surface area contributed by atoms with Crippen molar-refractivity contribution in [2.75, 3.05) is 26.7 Å². The second-order valence-electron chi connectivity index (χ2n) is 5.78. The van der Waals surface area contributed by atoms with Crippen LogP contribution in [-0.2, 0) is 13.5 Å². The molecule has 1 aliphatic rings. The fraction of sp³-hybridized carbons (Fsp3) is 0.500. The molecule has 102 valence electrons. The van der Waals surface area contributed by atoms with Gasteiger partial charge in [0, 0.05) is 49.3 Å². The largest absolute Gasteiger partial charge is 0.348 e. The highest BCUT2D eigenvalue weighted by atomic mass is 15.2. The summed E-state index contributed by atoms with van der Waals surface area (Å²) in [5, 5.41) is 4.85. The summed E-state index contributed by atoms with van der Waals surface area (Å²) in [6, 6.07) is 9.79. The van der Waals surface area contributed by atoms with Crippen LogP contribution in [0.2, 0.25) is 0 Å². The number of hydrogen-bond donors (Lipinski definition) is 1. The second kappa shape index (κ2) is 4.99. The van der Waals surface area contributed by atoms with Gasteiger partial charge in [0.2, 0.25) is 0 Å². The van der Waals surface area contributed by atoms with Crippen LogP contribution in [-0.4, -0.2) is 42.2 Å². The third kappa shape index (κ3) is 2.40. The number of hydrogen-bond acceptors (Lipinski definition) is 2. The van der Waals surface area contributed by atoms with E-state index in [9.17, 15) is 0 Å². The van der Waals surface area contributed by atoms with Crippen molar-refractivity contribution in [1.82, 2.24) is 14.8 Å². The molecule has 1 aromatic heterocycles. The highest BCUT2D eigenvalue weighted by Crippen LogP contribution is 2.21. The van der Waals surface area contributed by atoms with Gasteiger partial charge in [-0.1, -0.05) is 6.07 Å². The van der Waals surface area contributed by atoms with Crippen LogP contribution in [0.4, 0.5) is 0 Å². The number of likely N-dealkylation sites (N-methyl/N-ethyl adjacent to an activating group) is 1. The van der Waals surface area contributed by atoms with Gasteiger partial charge in [-0.15, -0.1) is 0 Å². The Morgan fingerprint density at radius 2 is 2.11 bits per heavy atom. The predicted octanol–water partition coefficient (Wildman–Crippen LogP) is 1.93. The molecule has 3 rings (SSSR count). The van der Waals surface area contributed by atoms with Gasteiger partial charge in [0.15, 0.2) is 0 Å². The fourth-order valence-corrected chi connectivity index (χ4v) is 3.03. The Hall–Kier alpha value is -1.32. The van der Waals surface area contributed by atoms with Gasteiger partial charge in [0.05, 0.1) is 0 Å². The third-order valence-corrected chi connectivity index (χ3v) is 4.46. The number of nitrogens with zero attached hydrogens (tertiary/aromatic N) is 2. The monoisotopic (exact) mass is 257 g/mol. The first-order valence-electron chi connectivity index (χ1n) is 7.11. The Kier molecular flexibility index (Phi) is 3.33. The lowest BCUT2D eigenvalue weighted by molar-refractivity contribution is 0.199. The molecule has 1 N–H and O–H groups in total. The lowest BCUT2D eigenvalue weighted by Gasteiger charge is -2.33. The molecule has 1 aliphatic heterocycles. The van der Waals surface area contributed by atoms with E-state index >= 15 is 0 Å². The Labute approximate surface area is 115 Å². The summed E-state index contributed by atoms with van der Waals surface area (Å²) >= 11 is 0. The van der Waals surface area contributed by atoms with Crippen molar-refractivity contribution >= 4 is 10.9 Å². The van der Waals surface area contributed by atoms with Crippen molar-refractivity contribution < 1.29 is 0 Å². The zero-order valence-corrected chi connectivity index (χ0v) is 12.1. The number of rotatable bonds is 2. The molecule has 1 atom stereocenters. The molecule has 1 fully saturated rings. The van der Waals surface area contributed by atoms with Crippen LogP contribution in [0, 0.1) is 6.92 Å². The summed E-state index contributed by atoms with van der Waals surface area (Å²) in [7, 11) is 4.37. The summed E-state index contributed by atoms with van der Waals surface area (Å²) in [6.45, 7) is 5.53. The summed E-state index contributed by atoms with van der Waals surface area (Å²) in [6.07, 6.45) is 1.13. The fourth-order valence-electron chi connectivity index (χ4n) is 3.03. The molecule has 0 amide bonds. The zero-order valence-electron chi connectivity index (χ0n) is 12.1. The predicted molar refractivity (Wildman–Crippen MR) is 80.6 cm³/mol. The van der Waals surface area contributed by atoms with Gasteiger partial charge in [-0.05, 0) is 44.2 Å². The van der Waals surface area contributed by atoms with Crippen molar-refractivity contribution in [3.8, 4) is 0 Å².